The number of para-hydroxylation sites is 1. The fourth-order valence-electron chi connectivity index (χ4n) is 2.41. The zero-order valence-electron chi connectivity index (χ0n) is 15.5. The van der Waals surface area contributed by atoms with Crippen molar-refractivity contribution in [3.05, 3.63) is 29.8 Å². The van der Waals surface area contributed by atoms with Crippen LogP contribution in [-0.2, 0) is 4.79 Å². The standard InChI is InChI=1S/C19H30N2O3/c1-6-7-8-9-14-17(22)21(19(2,3)4)20-18(23)15-12-10-11-13-16(15)24-5/h10-13H,6-9,14H2,1-5H3,(H,20,23). The Bertz CT molecular complexity index is 550. The fourth-order valence-corrected chi connectivity index (χ4v) is 2.41. The van der Waals surface area contributed by atoms with Gasteiger partial charge in [-0.25, -0.2) is 5.01 Å². The zero-order valence-corrected chi connectivity index (χ0v) is 15.5. The summed E-state index contributed by atoms with van der Waals surface area (Å²) in [6.45, 7) is 7.84. The molecule has 1 aromatic carbocycles. The van der Waals surface area contributed by atoms with Gasteiger partial charge < -0.3 is 4.74 Å². The Hall–Kier alpha value is -2.04. The van der Waals surface area contributed by atoms with Gasteiger partial charge in [-0.05, 0) is 39.3 Å². The quantitative estimate of drug-likeness (QED) is 0.607. The van der Waals surface area contributed by atoms with E-state index in [9.17, 15) is 9.59 Å². The lowest BCUT2D eigenvalue weighted by atomic mass is 10.1. The highest BCUT2D eigenvalue weighted by Gasteiger charge is 2.28. The lowest BCUT2D eigenvalue weighted by Crippen LogP contribution is -2.55. The minimum atomic E-state index is -0.500. The normalized spacial score (nSPS) is 11.0. The monoisotopic (exact) mass is 334 g/mol. The third-order valence-electron chi connectivity index (χ3n) is 3.73. The number of unbranched alkanes of at least 4 members (excludes halogenated alkanes) is 3. The number of amides is 2. The molecular formula is C19H30N2O3. The van der Waals surface area contributed by atoms with Crippen LogP contribution in [0.1, 0.15) is 70.2 Å². The molecule has 5 heteroatoms. The van der Waals surface area contributed by atoms with Crippen molar-refractivity contribution in [1.29, 1.82) is 0 Å². The molecule has 24 heavy (non-hydrogen) atoms. The van der Waals surface area contributed by atoms with Gasteiger partial charge in [0, 0.05) is 6.42 Å². The summed E-state index contributed by atoms with van der Waals surface area (Å²) in [4.78, 5) is 25.1. The summed E-state index contributed by atoms with van der Waals surface area (Å²) in [5, 5.41) is 1.44. The molecular weight excluding hydrogens is 304 g/mol. The number of nitrogens with one attached hydrogen (secondary N) is 1. The number of benzene rings is 1. The third kappa shape index (κ3) is 5.87. The van der Waals surface area contributed by atoms with Gasteiger partial charge in [-0.1, -0.05) is 38.3 Å². The highest BCUT2D eigenvalue weighted by atomic mass is 16.5. The zero-order chi connectivity index (χ0) is 18.2. The molecule has 1 aromatic rings. The lowest BCUT2D eigenvalue weighted by molar-refractivity contribution is -0.139. The Morgan fingerprint density at radius 2 is 1.79 bits per heavy atom. The highest BCUT2D eigenvalue weighted by Crippen LogP contribution is 2.19. The van der Waals surface area contributed by atoms with Crippen LogP contribution in [0.2, 0.25) is 0 Å². The van der Waals surface area contributed by atoms with Gasteiger partial charge in [0.05, 0.1) is 18.2 Å². The first-order valence-corrected chi connectivity index (χ1v) is 8.58. The molecule has 0 aliphatic carbocycles. The number of rotatable bonds is 7. The van der Waals surface area contributed by atoms with Crippen LogP contribution >= 0.6 is 0 Å². The molecule has 0 aliphatic rings. The van der Waals surface area contributed by atoms with E-state index in [1.807, 2.05) is 20.8 Å². The topological polar surface area (TPSA) is 58.6 Å². The van der Waals surface area contributed by atoms with E-state index in [2.05, 4.69) is 12.3 Å². The molecule has 0 radical (unpaired) electrons. The van der Waals surface area contributed by atoms with Gasteiger partial charge in [-0.15, -0.1) is 0 Å². The molecule has 0 aromatic heterocycles. The molecule has 0 saturated heterocycles. The Morgan fingerprint density at radius 1 is 1.12 bits per heavy atom. The van der Waals surface area contributed by atoms with Gasteiger partial charge in [0.15, 0.2) is 0 Å². The fraction of sp³-hybridized carbons (Fsp3) is 0.579. The van der Waals surface area contributed by atoms with Crippen molar-refractivity contribution in [2.45, 2.75) is 65.3 Å². The van der Waals surface area contributed by atoms with Gasteiger partial charge in [0.25, 0.3) is 5.91 Å². The van der Waals surface area contributed by atoms with E-state index >= 15 is 0 Å². The molecule has 0 atom stereocenters. The maximum absolute atomic E-state index is 12.6. The average Bonchev–Trinajstić information content (AvgIpc) is 2.55. The van der Waals surface area contributed by atoms with E-state index in [0.717, 1.165) is 25.7 Å². The molecule has 5 nitrogen and oxygen atoms in total. The summed E-state index contributed by atoms with van der Waals surface area (Å²) < 4.78 is 5.22. The van der Waals surface area contributed by atoms with Crippen LogP contribution in [0.5, 0.6) is 5.75 Å². The molecule has 0 spiro atoms. The van der Waals surface area contributed by atoms with Crippen molar-refractivity contribution in [2.75, 3.05) is 7.11 Å². The van der Waals surface area contributed by atoms with E-state index in [0.29, 0.717) is 17.7 Å². The largest absolute Gasteiger partial charge is 0.496 e. The molecule has 1 rings (SSSR count). The Labute approximate surface area is 145 Å². The molecule has 2 amide bonds. The number of nitrogens with zero attached hydrogens (tertiary/aromatic N) is 1. The highest BCUT2D eigenvalue weighted by molar-refractivity contribution is 5.98. The minimum absolute atomic E-state index is 0.0677. The number of ether oxygens (including phenoxy) is 1. The molecule has 0 bridgehead atoms. The number of hydrogen-bond donors (Lipinski definition) is 1. The van der Waals surface area contributed by atoms with Gasteiger partial charge in [0.1, 0.15) is 5.75 Å². The number of hydrazine groups is 1. The van der Waals surface area contributed by atoms with Crippen LogP contribution in [0.25, 0.3) is 0 Å². The smallest absolute Gasteiger partial charge is 0.273 e. The second-order valence-electron chi connectivity index (χ2n) is 6.85. The first-order valence-electron chi connectivity index (χ1n) is 8.58. The van der Waals surface area contributed by atoms with E-state index in [-0.39, 0.29) is 11.8 Å². The molecule has 0 unspecified atom stereocenters. The predicted molar refractivity (Wildman–Crippen MR) is 95.8 cm³/mol. The minimum Gasteiger partial charge on any atom is -0.496 e. The second-order valence-corrected chi connectivity index (χ2v) is 6.85. The summed E-state index contributed by atoms with van der Waals surface area (Å²) in [5.41, 5.74) is 2.66. The number of methoxy groups -OCH3 is 1. The number of hydrogen-bond acceptors (Lipinski definition) is 3. The summed E-state index contributed by atoms with van der Waals surface area (Å²) in [6.07, 6.45) is 4.55. The van der Waals surface area contributed by atoms with Crippen molar-refractivity contribution in [2.24, 2.45) is 0 Å². The van der Waals surface area contributed by atoms with Crippen molar-refractivity contribution < 1.29 is 14.3 Å². The molecule has 0 aliphatic heterocycles. The van der Waals surface area contributed by atoms with E-state index in [4.69, 9.17) is 4.74 Å². The summed E-state index contributed by atoms with van der Waals surface area (Å²) in [5.74, 6) is 0.0744. The van der Waals surface area contributed by atoms with Crippen molar-refractivity contribution in [1.82, 2.24) is 10.4 Å². The summed E-state index contributed by atoms with van der Waals surface area (Å²) in [7, 11) is 1.52. The number of carbonyl (C=O) groups is 2. The van der Waals surface area contributed by atoms with E-state index in [1.165, 1.54) is 12.1 Å². The van der Waals surface area contributed by atoms with Gasteiger partial charge in [0.2, 0.25) is 5.91 Å². The van der Waals surface area contributed by atoms with Crippen LogP contribution in [0.4, 0.5) is 0 Å². The first kappa shape index (κ1) is 20.0. The van der Waals surface area contributed by atoms with Crippen LogP contribution in [0.15, 0.2) is 24.3 Å². The summed E-state index contributed by atoms with van der Waals surface area (Å²) in [6, 6.07) is 6.98. The van der Waals surface area contributed by atoms with Crippen LogP contribution in [0.3, 0.4) is 0 Å². The van der Waals surface area contributed by atoms with Crippen molar-refractivity contribution >= 4 is 11.8 Å². The third-order valence-corrected chi connectivity index (χ3v) is 3.73. The van der Waals surface area contributed by atoms with Gasteiger partial charge in [-0.3, -0.25) is 15.0 Å². The molecule has 0 heterocycles. The Kier molecular flexibility index (Phi) is 7.75. The number of carbonyl (C=O) groups excluding carboxylic acids is 2. The SMILES string of the molecule is CCCCCCC(=O)N(NC(=O)c1ccccc1OC)C(C)(C)C. The molecule has 1 N–H and O–H groups in total. The first-order chi connectivity index (χ1) is 11.3. The van der Waals surface area contributed by atoms with Crippen molar-refractivity contribution in [3.8, 4) is 5.75 Å². The summed E-state index contributed by atoms with van der Waals surface area (Å²) >= 11 is 0. The van der Waals surface area contributed by atoms with Crippen LogP contribution in [0, 0.1) is 0 Å². The molecule has 0 saturated carbocycles. The average molecular weight is 334 g/mol. The molecule has 0 fully saturated rings. The van der Waals surface area contributed by atoms with E-state index in [1.54, 1.807) is 24.3 Å². The Balaban J connectivity index is 2.82. The maximum Gasteiger partial charge on any atom is 0.273 e. The lowest BCUT2D eigenvalue weighted by Gasteiger charge is -2.35. The second kappa shape index (κ2) is 9.30. The molecule has 134 valence electrons. The van der Waals surface area contributed by atoms with Gasteiger partial charge >= 0.3 is 0 Å². The van der Waals surface area contributed by atoms with Gasteiger partial charge in [-0.2, -0.15) is 0 Å². The van der Waals surface area contributed by atoms with E-state index < -0.39 is 5.54 Å². The predicted octanol–water partition coefficient (Wildman–Crippen LogP) is 3.94. The van der Waals surface area contributed by atoms with Crippen LogP contribution in [-0.4, -0.2) is 29.5 Å². The van der Waals surface area contributed by atoms with Crippen molar-refractivity contribution in [3.63, 3.8) is 0 Å². The maximum atomic E-state index is 12.6. The van der Waals surface area contributed by atoms with Crippen LogP contribution < -0.4 is 10.2 Å². The Morgan fingerprint density at radius 3 is 2.38 bits per heavy atom.